The highest BCUT2D eigenvalue weighted by Crippen LogP contribution is 2.60. The summed E-state index contributed by atoms with van der Waals surface area (Å²) in [5.74, 6) is -4.45. The second kappa shape index (κ2) is 13.5. The van der Waals surface area contributed by atoms with E-state index < -0.39 is 61.8 Å². The first-order valence-electron chi connectivity index (χ1n) is 14.3. The van der Waals surface area contributed by atoms with Crippen molar-refractivity contribution in [3.05, 3.63) is 128 Å². The summed E-state index contributed by atoms with van der Waals surface area (Å²) in [5.41, 5.74) is -0.961. The van der Waals surface area contributed by atoms with Crippen molar-refractivity contribution >= 4 is 7.60 Å². The van der Waals surface area contributed by atoms with Crippen LogP contribution in [0.5, 0.6) is 11.5 Å². The number of methoxy groups -OCH3 is 2. The van der Waals surface area contributed by atoms with Crippen molar-refractivity contribution < 1.29 is 46.1 Å². The Kier molecular flexibility index (Phi) is 9.81. The average Bonchev–Trinajstić information content (AvgIpc) is 3.45. The van der Waals surface area contributed by atoms with Crippen LogP contribution in [0.1, 0.15) is 34.9 Å². The molecule has 1 aromatic heterocycles. The van der Waals surface area contributed by atoms with Gasteiger partial charge in [0.1, 0.15) is 35.5 Å². The minimum absolute atomic E-state index is 0.135. The fraction of sp³-hybridized carbons (Fsp3) is 0.312. The number of benzene rings is 3. The molecule has 0 aliphatic carbocycles. The van der Waals surface area contributed by atoms with Gasteiger partial charge in [-0.05, 0) is 47.9 Å². The lowest BCUT2D eigenvalue weighted by Gasteiger charge is -2.37. The van der Waals surface area contributed by atoms with Gasteiger partial charge in [-0.15, -0.1) is 0 Å². The van der Waals surface area contributed by atoms with E-state index in [1.54, 1.807) is 60.7 Å². The molecule has 0 spiro atoms. The topological polar surface area (TPSA) is 138 Å². The van der Waals surface area contributed by atoms with Gasteiger partial charge in [0.25, 0.3) is 5.56 Å². The minimum atomic E-state index is -6.18. The molecular formula is C32H32F3N2O9P. The van der Waals surface area contributed by atoms with E-state index in [1.807, 2.05) is 18.2 Å². The van der Waals surface area contributed by atoms with Gasteiger partial charge in [-0.3, -0.25) is 23.4 Å². The second-order valence-corrected chi connectivity index (χ2v) is 12.5. The van der Waals surface area contributed by atoms with Crippen molar-refractivity contribution in [3.63, 3.8) is 0 Å². The molecule has 5 rings (SSSR count). The van der Waals surface area contributed by atoms with E-state index in [2.05, 4.69) is 4.98 Å². The van der Waals surface area contributed by atoms with Gasteiger partial charge in [-0.25, -0.2) is 4.79 Å². The zero-order valence-corrected chi connectivity index (χ0v) is 26.4. The standard InChI is InChI=1S/C32H32F3N2O9P/c1-20-18-37(30(39)36-29(20)38)28-17-26(46-47(40,41)32(33,34)35)27(45-28)19-44-31(21-7-5-4-6-8-21,22-9-13-24(42-2)14-10-22)23-11-15-25(43-3)16-12-23/h4-16,18,26-28H,17,19H2,1-3H3,(H,40,41)(H,36,38,39)/t26-,27+,28+/m0/s1. The number of aromatic nitrogens is 2. The third-order valence-corrected chi connectivity index (χ3v) is 9.07. The molecule has 0 saturated carbocycles. The Balaban J connectivity index is 1.61. The Morgan fingerprint density at radius 3 is 1.96 bits per heavy atom. The largest absolute Gasteiger partial charge is 0.497 e. The van der Waals surface area contributed by atoms with Crippen molar-refractivity contribution in [3.8, 4) is 11.5 Å². The monoisotopic (exact) mass is 676 g/mol. The molecule has 1 aliphatic rings. The summed E-state index contributed by atoms with van der Waals surface area (Å²) >= 11 is 0. The third-order valence-electron chi connectivity index (χ3n) is 7.87. The number of alkyl halides is 3. The van der Waals surface area contributed by atoms with Crippen LogP contribution in [-0.2, 0) is 24.2 Å². The van der Waals surface area contributed by atoms with Crippen LogP contribution in [0, 0.1) is 6.92 Å². The van der Waals surface area contributed by atoms with Crippen molar-refractivity contribution in [2.24, 2.45) is 0 Å². The molecule has 1 fully saturated rings. The molecule has 4 atom stereocenters. The normalized spacial score (nSPS) is 19.7. The van der Waals surface area contributed by atoms with E-state index >= 15 is 0 Å². The van der Waals surface area contributed by atoms with E-state index in [0.29, 0.717) is 28.2 Å². The molecule has 15 heteroatoms. The summed E-state index contributed by atoms with van der Waals surface area (Å²) in [7, 11) is -3.14. The molecule has 2 heterocycles. The van der Waals surface area contributed by atoms with Gasteiger partial charge >= 0.3 is 19.2 Å². The zero-order valence-electron chi connectivity index (χ0n) is 25.5. The number of rotatable bonds is 11. The molecule has 250 valence electrons. The maximum atomic E-state index is 13.5. The van der Waals surface area contributed by atoms with Crippen LogP contribution in [0.25, 0.3) is 0 Å². The van der Waals surface area contributed by atoms with Crippen LogP contribution >= 0.6 is 7.60 Å². The number of nitrogens with zero attached hydrogens (tertiary/aromatic N) is 1. The first-order chi connectivity index (χ1) is 22.3. The minimum Gasteiger partial charge on any atom is -0.497 e. The number of ether oxygens (including phenoxy) is 4. The van der Waals surface area contributed by atoms with Crippen molar-refractivity contribution in [2.45, 2.75) is 43.3 Å². The average molecular weight is 677 g/mol. The Morgan fingerprint density at radius 1 is 0.915 bits per heavy atom. The number of nitrogens with one attached hydrogen (secondary N) is 1. The molecule has 3 aromatic carbocycles. The van der Waals surface area contributed by atoms with Crippen molar-refractivity contribution in [2.75, 3.05) is 20.8 Å². The number of aryl methyl sites for hydroxylation is 1. The summed E-state index contributed by atoms with van der Waals surface area (Å²) in [6, 6.07) is 23.0. The van der Waals surface area contributed by atoms with Gasteiger partial charge in [-0.2, -0.15) is 13.2 Å². The molecular weight excluding hydrogens is 644 g/mol. The highest BCUT2D eigenvalue weighted by atomic mass is 31.2. The predicted molar refractivity (Wildman–Crippen MR) is 164 cm³/mol. The molecule has 1 saturated heterocycles. The molecule has 0 bridgehead atoms. The first kappa shape index (κ1) is 34.1. The van der Waals surface area contributed by atoms with Gasteiger partial charge in [-0.1, -0.05) is 54.6 Å². The molecule has 1 unspecified atom stereocenters. The maximum absolute atomic E-state index is 13.5. The van der Waals surface area contributed by atoms with Crippen LogP contribution < -0.4 is 20.7 Å². The number of aromatic amines is 1. The maximum Gasteiger partial charge on any atom is 0.493 e. The van der Waals surface area contributed by atoms with Crippen LogP contribution in [0.15, 0.2) is 94.6 Å². The summed E-state index contributed by atoms with van der Waals surface area (Å²) in [4.78, 5) is 36.6. The Hall–Kier alpha value is -4.20. The van der Waals surface area contributed by atoms with E-state index in [-0.39, 0.29) is 5.56 Å². The Bertz CT molecular complexity index is 1800. The van der Waals surface area contributed by atoms with Gasteiger partial charge in [0, 0.05) is 18.2 Å². The van der Waals surface area contributed by atoms with E-state index in [4.69, 9.17) is 23.5 Å². The lowest BCUT2D eigenvalue weighted by molar-refractivity contribution is -0.103. The quantitative estimate of drug-likeness (QED) is 0.161. The molecule has 2 N–H and O–H groups in total. The van der Waals surface area contributed by atoms with Crippen LogP contribution in [0.3, 0.4) is 0 Å². The van der Waals surface area contributed by atoms with E-state index in [9.17, 15) is 32.2 Å². The SMILES string of the molecule is COc1ccc(C(OC[C@H]2O[C@@H](n3cc(C)c(=O)[nH]c3=O)C[C@@H]2OP(=O)(O)C(F)(F)F)(c2ccccc2)c2ccc(OC)cc2)cc1. The third kappa shape index (κ3) is 6.92. The molecule has 1 aliphatic heterocycles. The zero-order chi connectivity index (χ0) is 34.0. The molecule has 11 nitrogen and oxygen atoms in total. The number of hydrogen-bond donors (Lipinski definition) is 2. The Labute approximate surface area is 267 Å². The smallest absolute Gasteiger partial charge is 0.493 e. The van der Waals surface area contributed by atoms with Gasteiger partial charge in [0.2, 0.25) is 0 Å². The lowest BCUT2D eigenvalue weighted by Crippen LogP contribution is -2.38. The molecule has 0 radical (unpaired) electrons. The van der Waals surface area contributed by atoms with Crippen LogP contribution in [-0.4, -0.2) is 53.4 Å². The van der Waals surface area contributed by atoms with E-state index in [1.165, 1.54) is 27.3 Å². The highest BCUT2D eigenvalue weighted by molar-refractivity contribution is 7.53. The fourth-order valence-corrected chi connectivity index (χ4v) is 6.17. The van der Waals surface area contributed by atoms with Crippen LogP contribution in [0.4, 0.5) is 13.2 Å². The predicted octanol–water partition coefficient (Wildman–Crippen LogP) is 5.25. The van der Waals surface area contributed by atoms with Gasteiger partial charge in [0.15, 0.2) is 0 Å². The summed E-state index contributed by atoms with van der Waals surface area (Å²) < 4.78 is 82.2. The van der Waals surface area contributed by atoms with Crippen molar-refractivity contribution in [1.29, 1.82) is 0 Å². The second-order valence-electron chi connectivity index (χ2n) is 10.8. The number of hydrogen-bond acceptors (Lipinski definition) is 8. The van der Waals surface area contributed by atoms with Crippen molar-refractivity contribution in [1.82, 2.24) is 9.55 Å². The highest BCUT2D eigenvalue weighted by Gasteiger charge is 2.56. The molecule has 4 aromatic rings. The number of halogens is 3. The van der Waals surface area contributed by atoms with Gasteiger partial charge < -0.3 is 23.8 Å². The summed E-state index contributed by atoms with van der Waals surface area (Å²) in [6.45, 7) is 0.963. The van der Waals surface area contributed by atoms with Crippen LogP contribution in [0.2, 0.25) is 0 Å². The summed E-state index contributed by atoms with van der Waals surface area (Å²) in [6.07, 6.45) is -3.56. The summed E-state index contributed by atoms with van der Waals surface area (Å²) in [5, 5.41) is 0. The van der Waals surface area contributed by atoms with Gasteiger partial charge in [0.05, 0.1) is 20.8 Å². The Morgan fingerprint density at radius 2 is 1.45 bits per heavy atom. The molecule has 47 heavy (non-hydrogen) atoms. The number of H-pyrrole nitrogens is 1. The van der Waals surface area contributed by atoms with E-state index in [0.717, 1.165) is 4.57 Å². The lowest BCUT2D eigenvalue weighted by atomic mass is 9.80. The fourth-order valence-electron chi connectivity index (χ4n) is 5.46. The first-order valence-corrected chi connectivity index (χ1v) is 15.9. The molecule has 0 amide bonds.